The maximum absolute atomic E-state index is 9.28. The van der Waals surface area contributed by atoms with Gasteiger partial charge in [0.2, 0.25) is 0 Å². The van der Waals surface area contributed by atoms with E-state index in [1.54, 1.807) is 0 Å². The van der Waals surface area contributed by atoms with E-state index in [2.05, 4.69) is 0 Å². The molecule has 0 saturated heterocycles. The van der Waals surface area contributed by atoms with Gasteiger partial charge < -0.3 is 5.11 Å². The molecule has 1 heteroatoms. The Morgan fingerprint density at radius 3 is 2.89 bits per heavy atom. The highest BCUT2D eigenvalue weighted by molar-refractivity contribution is 5.20. The molecule has 0 spiro atoms. The van der Waals surface area contributed by atoms with Crippen LogP contribution >= 0.6 is 0 Å². The molecular formula is C8H12O. The van der Waals surface area contributed by atoms with Crippen molar-refractivity contribution >= 4 is 0 Å². The molecule has 9 heavy (non-hydrogen) atoms. The lowest BCUT2D eigenvalue weighted by Crippen LogP contribution is -1.87. The molecule has 0 aromatic rings. The third kappa shape index (κ3) is 0.673. The highest BCUT2D eigenvalue weighted by Crippen LogP contribution is 2.42. The third-order valence-electron chi connectivity index (χ3n) is 2.59. The van der Waals surface area contributed by atoms with Crippen molar-refractivity contribution in [2.45, 2.75) is 32.1 Å². The maximum Gasteiger partial charge on any atom is 0.0917 e. The van der Waals surface area contributed by atoms with Crippen LogP contribution in [0.15, 0.2) is 11.3 Å². The van der Waals surface area contributed by atoms with E-state index in [-0.39, 0.29) is 0 Å². The quantitative estimate of drug-likeness (QED) is 0.525. The van der Waals surface area contributed by atoms with Gasteiger partial charge in [0.1, 0.15) is 0 Å². The van der Waals surface area contributed by atoms with Gasteiger partial charge in [0.05, 0.1) is 5.76 Å². The Morgan fingerprint density at radius 2 is 2.11 bits per heavy atom. The van der Waals surface area contributed by atoms with Crippen molar-refractivity contribution in [2.75, 3.05) is 0 Å². The summed E-state index contributed by atoms with van der Waals surface area (Å²) in [5.74, 6) is 1.50. The van der Waals surface area contributed by atoms with Gasteiger partial charge in [-0.05, 0) is 37.2 Å². The van der Waals surface area contributed by atoms with Gasteiger partial charge >= 0.3 is 0 Å². The lowest BCUT2D eigenvalue weighted by atomic mass is 10.1. The zero-order chi connectivity index (χ0) is 6.27. The van der Waals surface area contributed by atoms with Crippen LogP contribution in [-0.4, -0.2) is 5.11 Å². The molecule has 2 rings (SSSR count). The van der Waals surface area contributed by atoms with Gasteiger partial charge in [-0.3, -0.25) is 0 Å². The predicted molar refractivity (Wildman–Crippen MR) is 36.2 cm³/mol. The average molecular weight is 124 g/mol. The van der Waals surface area contributed by atoms with Crippen LogP contribution in [0.5, 0.6) is 0 Å². The number of allylic oxidation sites excluding steroid dienone is 2. The SMILES string of the molecule is OC1=C2CCC[C@H]2CC1. The minimum atomic E-state index is 0.720. The van der Waals surface area contributed by atoms with E-state index in [1.807, 2.05) is 0 Å². The zero-order valence-electron chi connectivity index (χ0n) is 5.56. The van der Waals surface area contributed by atoms with Gasteiger partial charge in [-0.2, -0.15) is 0 Å². The molecule has 0 aliphatic heterocycles. The average Bonchev–Trinajstić information content (AvgIpc) is 2.35. The van der Waals surface area contributed by atoms with Crippen LogP contribution in [0.4, 0.5) is 0 Å². The fraction of sp³-hybridized carbons (Fsp3) is 0.750. The molecule has 0 radical (unpaired) electrons. The first-order chi connectivity index (χ1) is 4.38. The Bertz CT molecular complexity index is 158. The Morgan fingerprint density at radius 1 is 1.22 bits per heavy atom. The number of rotatable bonds is 0. The summed E-state index contributed by atoms with van der Waals surface area (Å²) in [5, 5.41) is 9.28. The lowest BCUT2D eigenvalue weighted by molar-refractivity contribution is 0.390. The van der Waals surface area contributed by atoms with Gasteiger partial charge in [-0.25, -0.2) is 0 Å². The second-order valence-electron chi connectivity index (χ2n) is 3.10. The van der Waals surface area contributed by atoms with Gasteiger partial charge in [0.15, 0.2) is 0 Å². The third-order valence-corrected chi connectivity index (χ3v) is 2.59. The summed E-state index contributed by atoms with van der Waals surface area (Å²) >= 11 is 0. The molecule has 0 bridgehead atoms. The zero-order valence-corrected chi connectivity index (χ0v) is 5.56. The fourth-order valence-electron chi connectivity index (χ4n) is 2.09. The number of aliphatic hydroxyl groups excluding tert-OH is 1. The van der Waals surface area contributed by atoms with Crippen LogP contribution in [0.1, 0.15) is 32.1 Å². The number of hydrogen-bond donors (Lipinski definition) is 1. The van der Waals surface area contributed by atoms with Crippen molar-refractivity contribution in [1.29, 1.82) is 0 Å². The summed E-state index contributed by atoms with van der Waals surface area (Å²) < 4.78 is 0. The van der Waals surface area contributed by atoms with E-state index in [9.17, 15) is 5.11 Å². The van der Waals surface area contributed by atoms with E-state index in [0.717, 1.165) is 18.1 Å². The topological polar surface area (TPSA) is 20.2 Å². The van der Waals surface area contributed by atoms with Gasteiger partial charge in [0.25, 0.3) is 0 Å². The molecule has 0 aromatic heterocycles. The molecule has 1 fully saturated rings. The van der Waals surface area contributed by atoms with Gasteiger partial charge in [0, 0.05) is 6.42 Å². The minimum absolute atomic E-state index is 0.720. The van der Waals surface area contributed by atoms with E-state index in [0.29, 0.717) is 0 Å². The second-order valence-corrected chi connectivity index (χ2v) is 3.10. The summed E-state index contributed by atoms with van der Waals surface area (Å²) in [6.45, 7) is 0. The lowest BCUT2D eigenvalue weighted by Gasteiger charge is -1.98. The van der Waals surface area contributed by atoms with Crippen LogP contribution in [0.25, 0.3) is 0 Å². The first-order valence-corrected chi connectivity index (χ1v) is 3.79. The Balaban J connectivity index is 2.28. The Hall–Kier alpha value is -0.460. The molecule has 1 nitrogen and oxygen atoms in total. The van der Waals surface area contributed by atoms with E-state index in [4.69, 9.17) is 0 Å². The smallest absolute Gasteiger partial charge is 0.0917 e. The highest BCUT2D eigenvalue weighted by atomic mass is 16.3. The molecule has 0 heterocycles. The van der Waals surface area contributed by atoms with Crippen molar-refractivity contribution in [3.8, 4) is 0 Å². The van der Waals surface area contributed by atoms with E-state index >= 15 is 0 Å². The molecule has 1 saturated carbocycles. The van der Waals surface area contributed by atoms with Crippen LogP contribution in [-0.2, 0) is 0 Å². The first-order valence-electron chi connectivity index (χ1n) is 3.79. The molecule has 1 N–H and O–H groups in total. The summed E-state index contributed by atoms with van der Waals surface area (Å²) in [5.41, 5.74) is 1.38. The largest absolute Gasteiger partial charge is 0.512 e. The Labute approximate surface area is 55.4 Å². The molecule has 0 amide bonds. The van der Waals surface area contributed by atoms with Crippen molar-refractivity contribution in [1.82, 2.24) is 0 Å². The number of hydrogen-bond acceptors (Lipinski definition) is 1. The van der Waals surface area contributed by atoms with Crippen molar-refractivity contribution < 1.29 is 5.11 Å². The summed E-state index contributed by atoms with van der Waals surface area (Å²) in [6.07, 6.45) is 6.00. The molecule has 2 aliphatic carbocycles. The van der Waals surface area contributed by atoms with Crippen molar-refractivity contribution in [3.05, 3.63) is 11.3 Å². The minimum Gasteiger partial charge on any atom is -0.512 e. The standard InChI is InChI=1S/C8H12O/c9-8-5-4-6-2-1-3-7(6)8/h6,9H,1-5H2/t6-/m0/s1. The van der Waals surface area contributed by atoms with Crippen LogP contribution in [0, 0.1) is 5.92 Å². The molecule has 0 aromatic carbocycles. The number of fused-ring (bicyclic) bond motifs is 1. The molecule has 2 aliphatic rings. The number of aliphatic hydroxyl groups is 1. The molecule has 1 atom stereocenters. The summed E-state index contributed by atoms with van der Waals surface area (Å²) in [6, 6.07) is 0. The predicted octanol–water partition coefficient (Wildman–Crippen LogP) is 2.39. The van der Waals surface area contributed by atoms with E-state index < -0.39 is 0 Å². The van der Waals surface area contributed by atoms with Gasteiger partial charge in [-0.15, -0.1) is 0 Å². The van der Waals surface area contributed by atoms with Crippen molar-refractivity contribution in [3.63, 3.8) is 0 Å². The first kappa shape index (κ1) is 5.33. The van der Waals surface area contributed by atoms with Crippen LogP contribution in [0.2, 0.25) is 0 Å². The van der Waals surface area contributed by atoms with E-state index in [1.165, 1.54) is 31.3 Å². The molecule has 50 valence electrons. The molecule has 0 unspecified atom stereocenters. The molecular weight excluding hydrogens is 112 g/mol. The monoisotopic (exact) mass is 124 g/mol. The maximum atomic E-state index is 9.28. The summed E-state index contributed by atoms with van der Waals surface area (Å²) in [7, 11) is 0. The van der Waals surface area contributed by atoms with Crippen molar-refractivity contribution in [2.24, 2.45) is 5.92 Å². The Kier molecular flexibility index (Phi) is 1.04. The second kappa shape index (κ2) is 1.76. The van der Waals surface area contributed by atoms with Crippen LogP contribution in [0.3, 0.4) is 0 Å². The highest BCUT2D eigenvalue weighted by Gasteiger charge is 2.28. The fourth-order valence-corrected chi connectivity index (χ4v) is 2.09. The summed E-state index contributed by atoms with van der Waals surface area (Å²) in [4.78, 5) is 0. The normalized spacial score (nSPS) is 33.6. The van der Waals surface area contributed by atoms with Crippen LogP contribution < -0.4 is 0 Å². The van der Waals surface area contributed by atoms with Gasteiger partial charge in [-0.1, -0.05) is 0 Å².